The standard InChI is InChI=1S/C18H20N2O/c1-12-5-2-3-7-15(12)17(19)14-9-8-13-6-4-10-20-18(21)16(13)11-14/h2-3,5,7-9,11,17H,4,6,10,19H2,1H3,(H,20,21). The van der Waals surface area contributed by atoms with Gasteiger partial charge in [0.05, 0.1) is 6.04 Å². The van der Waals surface area contributed by atoms with E-state index in [-0.39, 0.29) is 11.9 Å². The molecule has 21 heavy (non-hydrogen) atoms. The van der Waals surface area contributed by atoms with Crippen molar-refractivity contribution in [1.82, 2.24) is 5.32 Å². The zero-order valence-electron chi connectivity index (χ0n) is 12.2. The molecular formula is C18H20N2O. The average Bonchev–Trinajstić information content (AvgIpc) is 2.69. The van der Waals surface area contributed by atoms with Crippen molar-refractivity contribution in [2.75, 3.05) is 6.54 Å². The molecule has 0 fully saturated rings. The summed E-state index contributed by atoms with van der Waals surface area (Å²) in [5.74, 6) is 0.0151. The smallest absolute Gasteiger partial charge is 0.251 e. The number of carbonyl (C=O) groups excluding carboxylic acids is 1. The number of aryl methyl sites for hydroxylation is 2. The number of nitrogens with one attached hydrogen (secondary N) is 1. The summed E-state index contributed by atoms with van der Waals surface area (Å²) in [7, 11) is 0. The number of benzene rings is 2. The van der Waals surface area contributed by atoms with Gasteiger partial charge < -0.3 is 11.1 Å². The summed E-state index contributed by atoms with van der Waals surface area (Å²) in [4.78, 5) is 12.1. The van der Waals surface area contributed by atoms with E-state index in [0.717, 1.165) is 41.6 Å². The van der Waals surface area contributed by atoms with E-state index in [2.05, 4.69) is 24.4 Å². The second-order valence-electron chi connectivity index (χ2n) is 5.61. The van der Waals surface area contributed by atoms with E-state index in [4.69, 9.17) is 5.73 Å². The lowest BCUT2D eigenvalue weighted by Crippen LogP contribution is -2.23. The largest absolute Gasteiger partial charge is 0.352 e. The van der Waals surface area contributed by atoms with E-state index in [1.807, 2.05) is 30.3 Å². The SMILES string of the molecule is Cc1ccccc1C(N)c1ccc2c(c1)C(=O)NCCC2. The molecule has 1 unspecified atom stereocenters. The van der Waals surface area contributed by atoms with Gasteiger partial charge in [-0.3, -0.25) is 4.79 Å². The molecule has 2 aromatic rings. The van der Waals surface area contributed by atoms with Crippen LogP contribution in [0.4, 0.5) is 0 Å². The van der Waals surface area contributed by atoms with Crippen LogP contribution in [0.2, 0.25) is 0 Å². The van der Waals surface area contributed by atoms with Crippen LogP contribution in [0.5, 0.6) is 0 Å². The van der Waals surface area contributed by atoms with E-state index in [0.29, 0.717) is 0 Å². The number of hydrogen-bond donors (Lipinski definition) is 2. The highest BCUT2D eigenvalue weighted by molar-refractivity contribution is 5.96. The van der Waals surface area contributed by atoms with Gasteiger partial charge in [0.15, 0.2) is 0 Å². The first-order chi connectivity index (χ1) is 10.2. The molecule has 2 aromatic carbocycles. The summed E-state index contributed by atoms with van der Waals surface area (Å²) < 4.78 is 0. The molecule has 1 aliphatic rings. The van der Waals surface area contributed by atoms with Crippen LogP contribution >= 0.6 is 0 Å². The molecular weight excluding hydrogens is 260 g/mol. The lowest BCUT2D eigenvalue weighted by molar-refractivity contribution is 0.0956. The normalized spacial score (nSPS) is 15.8. The fraction of sp³-hybridized carbons (Fsp3) is 0.278. The van der Waals surface area contributed by atoms with Crippen molar-refractivity contribution >= 4 is 5.91 Å². The molecule has 108 valence electrons. The fourth-order valence-electron chi connectivity index (χ4n) is 2.91. The van der Waals surface area contributed by atoms with Crippen molar-refractivity contribution in [3.8, 4) is 0 Å². The molecule has 0 aromatic heterocycles. The molecule has 3 nitrogen and oxygen atoms in total. The third kappa shape index (κ3) is 2.69. The average molecular weight is 280 g/mol. The van der Waals surface area contributed by atoms with Crippen molar-refractivity contribution in [3.05, 3.63) is 70.3 Å². The van der Waals surface area contributed by atoms with E-state index < -0.39 is 0 Å². The van der Waals surface area contributed by atoms with E-state index in [1.54, 1.807) is 0 Å². The Morgan fingerprint density at radius 2 is 2.00 bits per heavy atom. The monoisotopic (exact) mass is 280 g/mol. The van der Waals surface area contributed by atoms with Crippen LogP contribution in [0.1, 0.15) is 45.1 Å². The fourth-order valence-corrected chi connectivity index (χ4v) is 2.91. The van der Waals surface area contributed by atoms with Crippen molar-refractivity contribution in [1.29, 1.82) is 0 Å². The summed E-state index contributed by atoms with van der Waals surface area (Å²) in [6.45, 7) is 2.80. The molecule has 3 heteroatoms. The minimum atomic E-state index is -0.201. The lowest BCUT2D eigenvalue weighted by atomic mass is 9.92. The highest BCUT2D eigenvalue weighted by Crippen LogP contribution is 2.25. The second-order valence-corrected chi connectivity index (χ2v) is 5.61. The summed E-state index contributed by atoms with van der Waals surface area (Å²) >= 11 is 0. The first-order valence-corrected chi connectivity index (χ1v) is 7.39. The molecule has 0 spiro atoms. The van der Waals surface area contributed by atoms with Crippen molar-refractivity contribution < 1.29 is 4.79 Å². The maximum absolute atomic E-state index is 12.1. The van der Waals surface area contributed by atoms with Crippen molar-refractivity contribution in [2.24, 2.45) is 5.73 Å². The topological polar surface area (TPSA) is 55.1 Å². The van der Waals surface area contributed by atoms with E-state index in [1.165, 1.54) is 5.56 Å². The molecule has 0 saturated carbocycles. The number of nitrogens with two attached hydrogens (primary N) is 1. The summed E-state index contributed by atoms with van der Waals surface area (Å²) in [5, 5.41) is 2.94. The number of hydrogen-bond acceptors (Lipinski definition) is 2. The second kappa shape index (κ2) is 5.70. The molecule has 1 heterocycles. The summed E-state index contributed by atoms with van der Waals surface area (Å²) in [5.41, 5.74) is 11.6. The van der Waals surface area contributed by atoms with Gasteiger partial charge in [-0.25, -0.2) is 0 Å². The van der Waals surface area contributed by atoms with Crippen molar-refractivity contribution in [3.63, 3.8) is 0 Å². The molecule has 0 saturated heterocycles. The maximum atomic E-state index is 12.1. The molecule has 0 aliphatic carbocycles. The van der Waals surface area contributed by atoms with Gasteiger partial charge in [-0.05, 0) is 48.1 Å². The molecule has 0 radical (unpaired) electrons. The van der Waals surface area contributed by atoms with Crippen LogP contribution in [0.15, 0.2) is 42.5 Å². The van der Waals surface area contributed by atoms with Gasteiger partial charge in [-0.2, -0.15) is 0 Å². The zero-order chi connectivity index (χ0) is 14.8. The van der Waals surface area contributed by atoms with Crippen LogP contribution in [0.25, 0.3) is 0 Å². The highest BCUT2D eigenvalue weighted by Gasteiger charge is 2.18. The Kier molecular flexibility index (Phi) is 3.76. The predicted octanol–water partition coefficient (Wildman–Crippen LogP) is 2.72. The number of rotatable bonds is 2. The molecule has 3 rings (SSSR count). The Morgan fingerprint density at radius 1 is 1.19 bits per heavy atom. The third-order valence-corrected chi connectivity index (χ3v) is 4.17. The number of amides is 1. The van der Waals surface area contributed by atoms with Gasteiger partial charge in [0.1, 0.15) is 0 Å². The number of fused-ring (bicyclic) bond motifs is 1. The quantitative estimate of drug-likeness (QED) is 0.888. The van der Waals surface area contributed by atoms with Gasteiger partial charge in [0.25, 0.3) is 5.91 Å². The van der Waals surface area contributed by atoms with Crippen LogP contribution in [-0.4, -0.2) is 12.5 Å². The van der Waals surface area contributed by atoms with Crippen LogP contribution < -0.4 is 11.1 Å². The molecule has 3 N–H and O–H groups in total. The first-order valence-electron chi connectivity index (χ1n) is 7.39. The Bertz CT molecular complexity index is 679. The molecule has 1 aliphatic heterocycles. The zero-order valence-corrected chi connectivity index (χ0v) is 12.2. The highest BCUT2D eigenvalue weighted by atomic mass is 16.1. The predicted molar refractivity (Wildman–Crippen MR) is 84.3 cm³/mol. The molecule has 1 amide bonds. The minimum Gasteiger partial charge on any atom is -0.352 e. The van der Waals surface area contributed by atoms with Crippen LogP contribution in [-0.2, 0) is 6.42 Å². The maximum Gasteiger partial charge on any atom is 0.251 e. The van der Waals surface area contributed by atoms with E-state index in [9.17, 15) is 4.79 Å². The van der Waals surface area contributed by atoms with Gasteiger partial charge in [0.2, 0.25) is 0 Å². The molecule has 1 atom stereocenters. The van der Waals surface area contributed by atoms with Crippen LogP contribution in [0.3, 0.4) is 0 Å². The lowest BCUT2D eigenvalue weighted by Gasteiger charge is -2.17. The third-order valence-electron chi connectivity index (χ3n) is 4.17. The number of carbonyl (C=O) groups is 1. The van der Waals surface area contributed by atoms with Gasteiger partial charge in [-0.15, -0.1) is 0 Å². The Morgan fingerprint density at radius 3 is 2.81 bits per heavy atom. The van der Waals surface area contributed by atoms with Crippen LogP contribution in [0, 0.1) is 6.92 Å². The van der Waals surface area contributed by atoms with Gasteiger partial charge in [0, 0.05) is 12.1 Å². The minimum absolute atomic E-state index is 0.0151. The Hall–Kier alpha value is -2.13. The molecule has 0 bridgehead atoms. The Labute approximate surface area is 125 Å². The van der Waals surface area contributed by atoms with Gasteiger partial charge >= 0.3 is 0 Å². The Balaban J connectivity index is 2.00. The summed E-state index contributed by atoms with van der Waals surface area (Å²) in [6, 6.07) is 14.0. The first kappa shape index (κ1) is 13.8. The van der Waals surface area contributed by atoms with Crippen molar-refractivity contribution in [2.45, 2.75) is 25.8 Å². The summed E-state index contributed by atoms with van der Waals surface area (Å²) in [6.07, 6.45) is 1.93. The van der Waals surface area contributed by atoms with E-state index >= 15 is 0 Å². The van der Waals surface area contributed by atoms with Gasteiger partial charge in [-0.1, -0.05) is 36.4 Å².